The lowest BCUT2D eigenvalue weighted by molar-refractivity contribution is -0.142. The second-order valence-electron chi connectivity index (χ2n) is 4.10. The predicted octanol–water partition coefficient (Wildman–Crippen LogP) is 0.736. The van der Waals surface area contributed by atoms with Crippen LogP contribution in [0.4, 0.5) is 0 Å². The first-order chi connectivity index (χ1) is 7.94. The van der Waals surface area contributed by atoms with Gasteiger partial charge in [-0.25, -0.2) is 9.79 Å². The van der Waals surface area contributed by atoms with E-state index in [4.69, 9.17) is 16.6 Å². The summed E-state index contributed by atoms with van der Waals surface area (Å²) in [5.74, 6) is -1.23. The molecule has 0 aliphatic carbocycles. The third-order valence-corrected chi connectivity index (χ3v) is 2.58. The van der Waals surface area contributed by atoms with Crippen LogP contribution in [0.25, 0.3) is 0 Å². The summed E-state index contributed by atoms with van der Waals surface area (Å²) in [5, 5.41) is 9.14. The highest BCUT2D eigenvalue weighted by Crippen LogP contribution is 2.19. The van der Waals surface area contributed by atoms with Crippen LogP contribution in [0.5, 0.6) is 0 Å². The molecule has 1 unspecified atom stereocenters. The van der Waals surface area contributed by atoms with Gasteiger partial charge >= 0.3 is 5.97 Å². The Kier molecular flexibility index (Phi) is 4.09. The number of carboxylic acids is 1. The molecule has 0 fully saturated rings. The average molecular weight is 235 g/mol. The number of rotatable bonds is 5. The molecule has 5 N–H and O–H groups in total. The third-order valence-electron chi connectivity index (χ3n) is 2.58. The topological polar surface area (TPSA) is 102 Å². The third kappa shape index (κ3) is 3.79. The first-order valence-corrected chi connectivity index (χ1v) is 5.32. The van der Waals surface area contributed by atoms with Crippen molar-refractivity contribution in [2.45, 2.75) is 25.3 Å². The minimum absolute atomic E-state index is 0.206. The smallest absolute Gasteiger partial charge is 0.331 e. The van der Waals surface area contributed by atoms with Crippen LogP contribution >= 0.6 is 0 Å². The van der Waals surface area contributed by atoms with E-state index >= 15 is 0 Å². The number of hydrogen-bond acceptors (Lipinski definition) is 2. The van der Waals surface area contributed by atoms with Crippen LogP contribution in [0, 0.1) is 0 Å². The van der Waals surface area contributed by atoms with E-state index in [1.54, 1.807) is 0 Å². The van der Waals surface area contributed by atoms with Crippen LogP contribution in [0.2, 0.25) is 0 Å². The average Bonchev–Trinajstić information content (AvgIpc) is 2.27. The minimum Gasteiger partial charge on any atom is -0.479 e. The molecule has 0 amide bonds. The summed E-state index contributed by atoms with van der Waals surface area (Å²) >= 11 is 0. The van der Waals surface area contributed by atoms with Crippen LogP contribution in [0.15, 0.2) is 35.3 Å². The Balaban J connectivity index is 2.76. The molecule has 0 heterocycles. The van der Waals surface area contributed by atoms with Crippen molar-refractivity contribution < 1.29 is 9.90 Å². The molecule has 1 atom stereocenters. The molecule has 0 aromatic heterocycles. The number of nitrogens with zero attached hydrogens (tertiary/aromatic N) is 1. The minimum atomic E-state index is -1.27. The number of nitrogens with two attached hydrogens (primary N) is 2. The van der Waals surface area contributed by atoms with Gasteiger partial charge in [0.25, 0.3) is 0 Å². The van der Waals surface area contributed by atoms with E-state index in [2.05, 4.69) is 4.99 Å². The van der Waals surface area contributed by atoms with Gasteiger partial charge in [0.05, 0.1) is 0 Å². The van der Waals surface area contributed by atoms with E-state index in [1.165, 1.54) is 6.92 Å². The van der Waals surface area contributed by atoms with Gasteiger partial charge < -0.3 is 16.6 Å². The Hall–Kier alpha value is -2.04. The van der Waals surface area contributed by atoms with E-state index in [-0.39, 0.29) is 5.96 Å². The SMILES string of the molecule is CC(CCc1ccccc1)(N=C(N)N)C(=O)O. The molecule has 5 heteroatoms. The largest absolute Gasteiger partial charge is 0.479 e. The van der Waals surface area contributed by atoms with Gasteiger partial charge in [-0.05, 0) is 25.3 Å². The van der Waals surface area contributed by atoms with E-state index in [1.807, 2.05) is 30.3 Å². The highest BCUT2D eigenvalue weighted by Gasteiger charge is 2.32. The summed E-state index contributed by atoms with van der Waals surface area (Å²) in [7, 11) is 0. The van der Waals surface area contributed by atoms with Crippen LogP contribution in [0.3, 0.4) is 0 Å². The maximum atomic E-state index is 11.2. The van der Waals surface area contributed by atoms with Crippen molar-refractivity contribution in [1.82, 2.24) is 0 Å². The number of guanidine groups is 1. The lowest BCUT2D eigenvalue weighted by Gasteiger charge is -2.20. The molecular formula is C12H17N3O2. The Morgan fingerprint density at radius 3 is 2.41 bits per heavy atom. The normalized spacial score (nSPS) is 13.7. The molecule has 0 spiro atoms. The number of aliphatic imine (C=N–C) groups is 1. The molecule has 1 aromatic carbocycles. The van der Waals surface area contributed by atoms with Crippen molar-refractivity contribution in [2.75, 3.05) is 0 Å². The summed E-state index contributed by atoms with van der Waals surface area (Å²) in [6, 6.07) is 9.62. The van der Waals surface area contributed by atoms with E-state index < -0.39 is 11.5 Å². The molecule has 0 aliphatic rings. The summed E-state index contributed by atoms with van der Waals surface area (Å²) in [6.07, 6.45) is 0.963. The van der Waals surface area contributed by atoms with Crippen molar-refractivity contribution in [1.29, 1.82) is 0 Å². The molecule has 0 saturated heterocycles. The van der Waals surface area contributed by atoms with Gasteiger partial charge in [-0.3, -0.25) is 0 Å². The number of aliphatic carboxylic acids is 1. The molecule has 5 nitrogen and oxygen atoms in total. The predicted molar refractivity (Wildman–Crippen MR) is 66.6 cm³/mol. The van der Waals surface area contributed by atoms with E-state index in [0.29, 0.717) is 12.8 Å². The van der Waals surface area contributed by atoms with Crippen molar-refractivity contribution >= 4 is 11.9 Å². The zero-order valence-corrected chi connectivity index (χ0v) is 9.76. The van der Waals surface area contributed by atoms with Crippen LogP contribution in [0.1, 0.15) is 18.9 Å². The molecule has 0 bridgehead atoms. The van der Waals surface area contributed by atoms with E-state index in [9.17, 15) is 4.79 Å². The van der Waals surface area contributed by atoms with E-state index in [0.717, 1.165) is 5.56 Å². The number of benzene rings is 1. The highest BCUT2D eigenvalue weighted by molar-refractivity contribution is 5.84. The number of carbonyl (C=O) groups is 1. The lowest BCUT2D eigenvalue weighted by Crippen LogP contribution is -2.38. The van der Waals surface area contributed by atoms with Crippen molar-refractivity contribution in [3.05, 3.63) is 35.9 Å². The molecule has 17 heavy (non-hydrogen) atoms. The van der Waals surface area contributed by atoms with Gasteiger partial charge in [-0.2, -0.15) is 0 Å². The Labute approximate surface area is 100 Å². The number of aryl methyl sites for hydroxylation is 1. The maximum Gasteiger partial charge on any atom is 0.331 e. The summed E-state index contributed by atoms with van der Waals surface area (Å²) in [5.41, 5.74) is 10.3. The molecule has 1 rings (SSSR count). The summed E-state index contributed by atoms with van der Waals surface area (Å²) < 4.78 is 0. The number of hydrogen-bond donors (Lipinski definition) is 3. The van der Waals surface area contributed by atoms with Crippen LogP contribution in [-0.2, 0) is 11.2 Å². The van der Waals surface area contributed by atoms with Gasteiger partial charge in [0.15, 0.2) is 11.5 Å². The maximum absolute atomic E-state index is 11.2. The van der Waals surface area contributed by atoms with Gasteiger partial charge in [0.2, 0.25) is 0 Å². The highest BCUT2D eigenvalue weighted by atomic mass is 16.4. The second kappa shape index (κ2) is 5.34. The molecule has 92 valence electrons. The molecular weight excluding hydrogens is 218 g/mol. The molecule has 0 saturated carbocycles. The summed E-state index contributed by atoms with van der Waals surface area (Å²) in [6.45, 7) is 1.51. The Morgan fingerprint density at radius 1 is 1.35 bits per heavy atom. The standard InChI is InChI=1S/C12H17N3O2/c1-12(10(16)17,15-11(13)14)8-7-9-5-3-2-4-6-9/h2-6H,7-8H2,1H3,(H,16,17)(H4,13,14,15). The van der Waals surface area contributed by atoms with Crippen molar-refractivity contribution in [3.8, 4) is 0 Å². The van der Waals surface area contributed by atoms with Gasteiger partial charge in [0, 0.05) is 0 Å². The van der Waals surface area contributed by atoms with Crippen LogP contribution in [-0.4, -0.2) is 22.6 Å². The lowest BCUT2D eigenvalue weighted by atomic mass is 9.94. The first-order valence-electron chi connectivity index (χ1n) is 5.32. The zero-order chi connectivity index (χ0) is 12.9. The first kappa shape index (κ1) is 13.0. The molecule has 0 aliphatic heterocycles. The monoisotopic (exact) mass is 235 g/mol. The van der Waals surface area contributed by atoms with Gasteiger partial charge in [-0.15, -0.1) is 0 Å². The fraction of sp³-hybridized carbons (Fsp3) is 0.333. The zero-order valence-electron chi connectivity index (χ0n) is 9.76. The van der Waals surface area contributed by atoms with Gasteiger partial charge in [-0.1, -0.05) is 30.3 Å². The summed E-state index contributed by atoms with van der Waals surface area (Å²) in [4.78, 5) is 15.0. The fourth-order valence-corrected chi connectivity index (χ4v) is 1.53. The molecule has 1 aromatic rings. The van der Waals surface area contributed by atoms with Crippen LogP contribution < -0.4 is 11.5 Å². The Bertz CT molecular complexity index is 413. The Morgan fingerprint density at radius 2 is 1.94 bits per heavy atom. The van der Waals surface area contributed by atoms with Gasteiger partial charge in [0.1, 0.15) is 0 Å². The second-order valence-corrected chi connectivity index (χ2v) is 4.10. The fourth-order valence-electron chi connectivity index (χ4n) is 1.53. The van der Waals surface area contributed by atoms with Crippen molar-refractivity contribution in [3.63, 3.8) is 0 Å². The number of carboxylic acid groups (broad SMARTS) is 1. The molecule has 0 radical (unpaired) electrons. The quantitative estimate of drug-likeness (QED) is 0.517. The van der Waals surface area contributed by atoms with Crippen molar-refractivity contribution in [2.24, 2.45) is 16.5 Å².